The number of ether oxygens (including phenoxy) is 6. The number of carbonyl (C=O) groups excluding carboxylic acids is 1. The van der Waals surface area contributed by atoms with Crippen LogP contribution in [0.5, 0.6) is 0 Å². The second-order valence-corrected chi connectivity index (χ2v) is 11.7. The van der Waals surface area contributed by atoms with Crippen LogP contribution in [0, 0.1) is 0 Å². The Balaban J connectivity index is 1.70. The Morgan fingerprint density at radius 1 is 0.644 bits per heavy atom. The quantitative estimate of drug-likeness (QED) is 0.0708. The molecule has 3 rings (SSSR count). The Hall–Kier alpha value is -1.13. The molecule has 17 nitrogen and oxygen atoms in total. The first-order valence-electron chi connectivity index (χ1n) is 15.5. The number of hydrogen-bond donors (Lipinski definition) is 10. The van der Waals surface area contributed by atoms with E-state index in [0.717, 1.165) is 39.0 Å². The number of hydrogen-bond acceptors (Lipinski definition) is 16. The third-order valence-electron chi connectivity index (χ3n) is 8.24. The van der Waals surface area contributed by atoms with Gasteiger partial charge in [-0.3, -0.25) is 4.79 Å². The predicted octanol–water partition coefficient (Wildman–Crippen LogP) is -4.04. The zero-order valence-electron chi connectivity index (χ0n) is 25.6. The number of aliphatic hydroxyl groups excluding tert-OH is 9. The van der Waals surface area contributed by atoms with E-state index in [1.165, 1.54) is 0 Å². The Morgan fingerprint density at radius 2 is 1.20 bits per heavy atom. The van der Waals surface area contributed by atoms with Crippen molar-refractivity contribution < 1.29 is 79.2 Å². The second kappa shape index (κ2) is 18.4. The van der Waals surface area contributed by atoms with Crippen molar-refractivity contribution in [2.75, 3.05) is 26.4 Å². The molecule has 0 bridgehead atoms. The van der Waals surface area contributed by atoms with Gasteiger partial charge in [-0.1, -0.05) is 39.0 Å². The maximum atomic E-state index is 11.8. The first-order chi connectivity index (χ1) is 21.4. The molecule has 3 aliphatic heterocycles. The molecule has 0 spiro atoms. The van der Waals surface area contributed by atoms with Crippen LogP contribution >= 0.6 is 0 Å². The minimum atomic E-state index is -1.79. The summed E-state index contributed by atoms with van der Waals surface area (Å²) in [6, 6.07) is -1.40. The zero-order valence-corrected chi connectivity index (χ0v) is 25.6. The first kappa shape index (κ1) is 38.3. The third kappa shape index (κ3) is 9.94. The molecule has 0 aliphatic carbocycles. The number of amides is 1. The molecular formula is C28H51NO16. The van der Waals surface area contributed by atoms with Crippen molar-refractivity contribution in [1.29, 1.82) is 0 Å². The van der Waals surface area contributed by atoms with Crippen LogP contribution in [-0.2, 0) is 33.2 Å². The third-order valence-corrected chi connectivity index (χ3v) is 8.24. The van der Waals surface area contributed by atoms with Gasteiger partial charge >= 0.3 is 0 Å². The smallest absolute Gasteiger partial charge is 0.217 e. The molecule has 3 fully saturated rings. The average Bonchev–Trinajstić information content (AvgIpc) is 3.02. The van der Waals surface area contributed by atoms with Crippen LogP contribution in [-0.4, -0.2) is 170 Å². The van der Waals surface area contributed by atoms with Crippen molar-refractivity contribution in [3.8, 4) is 0 Å². The summed E-state index contributed by atoms with van der Waals surface area (Å²) in [5, 5.41) is 95.5. The van der Waals surface area contributed by atoms with Crippen LogP contribution in [0.25, 0.3) is 0 Å². The molecule has 17 heteroatoms. The molecule has 0 saturated carbocycles. The Labute approximate surface area is 261 Å². The topological polar surface area (TPSA) is 267 Å². The van der Waals surface area contributed by atoms with E-state index in [4.69, 9.17) is 28.4 Å². The van der Waals surface area contributed by atoms with E-state index in [1.807, 2.05) is 0 Å². The summed E-state index contributed by atoms with van der Waals surface area (Å²) < 4.78 is 34.1. The molecule has 45 heavy (non-hydrogen) atoms. The van der Waals surface area contributed by atoms with E-state index < -0.39 is 118 Å². The van der Waals surface area contributed by atoms with Gasteiger partial charge in [0.1, 0.15) is 73.2 Å². The van der Waals surface area contributed by atoms with Crippen molar-refractivity contribution in [2.45, 2.75) is 144 Å². The Kier molecular flexibility index (Phi) is 15.7. The molecule has 264 valence electrons. The number of carbonyl (C=O) groups is 1. The molecule has 3 saturated heterocycles. The van der Waals surface area contributed by atoms with Crippen LogP contribution in [0.3, 0.4) is 0 Å². The van der Waals surface area contributed by atoms with Crippen LogP contribution in [0.2, 0.25) is 0 Å². The molecule has 0 radical (unpaired) electrons. The standard InChI is InChI=1S/C28H51NO16/c1-3-4-5-6-7-8-9-40-27-24(39)22(37)20(35)16(44-27)12-41-28-25(23(38)19(34)15(11-31)43-28)45-26-17(29-13(2)32)21(36)18(33)14(10-30)42-26/h14-28,30-31,33-39H,3-12H2,1-2H3,(H,29,32)/t14-,15-,16-,17+,18-,19-,20-,21-,22+,23+,24-,25+,26+,27+,28-/m1/s1. The molecule has 0 aromatic rings. The average molecular weight is 658 g/mol. The van der Waals surface area contributed by atoms with E-state index >= 15 is 0 Å². The summed E-state index contributed by atoms with van der Waals surface area (Å²) in [4.78, 5) is 11.8. The fourth-order valence-corrected chi connectivity index (χ4v) is 5.54. The number of aliphatic hydroxyl groups is 9. The van der Waals surface area contributed by atoms with Crippen molar-refractivity contribution in [2.24, 2.45) is 0 Å². The van der Waals surface area contributed by atoms with Gasteiger partial charge in [-0.15, -0.1) is 0 Å². The van der Waals surface area contributed by atoms with Gasteiger partial charge in [0, 0.05) is 13.5 Å². The predicted molar refractivity (Wildman–Crippen MR) is 150 cm³/mol. The molecule has 0 unspecified atom stereocenters. The Morgan fingerprint density at radius 3 is 1.82 bits per heavy atom. The van der Waals surface area contributed by atoms with Crippen LogP contribution in [0.1, 0.15) is 52.4 Å². The summed E-state index contributed by atoms with van der Waals surface area (Å²) in [7, 11) is 0. The summed E-state index contributed by atoms with van der Waals surface area (Å²) in [6.45, 7) is 1.50. The summed E-state index contributed by atoms with van der Waals surface area (Å²) >= 11 is 0. The largest absolute Gasteiger partial charge is 0.394 e. The highest BCUT2D eigenvalue weighted by molar-refractivity contribution is 5.73. The summed E-state index contributed by atoms with van der Waals surface area (Å²) in [6.07, 6.45) is -15.7. The maximum Gasteiger partial charge on any atom is 0.217 e. The van der Waals surface area contributed by atoms with Gasteiger partial charge in [-0.05, 0) is 6.42 Å². The van der Waals surface area contributed by atoms with Gasteiger partial charge in [0.15, 0.2) is 18.9 Å². The molecule has 1 amide bonds. The lowest BCUT2D eigenvalue weighted by Gasteiger charge is -2.47. The molecule has 10 N–H and O–H groups in total. The highest BCUT2D eigenvalue weighted by Crippen LogP contribution is 2.31. The van der Waals surface area contributed by atoms with Crippen molar-refractivity contribution >= 4 is 5.91 Å². The van der Waals surface area contributed by atoms with Gasteiger partial charge in [-0.2, -0.15) is 0 Å². The highest BCUT2D eigenvalue weighted by atomic mass is 16.8. The van der Waals surface area contributed by atoms with Crippen molar-refractivity contribution in [3.05, 3.63) is 0 Å². The van der Waals surface area contributed by atoms with Gasteiger partial charge in [-0.25, -0.2) is 0 Å². The van der Waals surface area contributed by atoms with Crippen LogP contribution in [0.15, 0.2) is 0 Å². The Bertz CT molecular complexity index is 872. The van der Waals surface area contributed by atoms with Crippen molar-refractivity contribution in [1.82, 2.24) is 5.32 Å². The van der Waals surface area contributed by atoms with Gasteiger partial charge < -0.3 is 79.7 Å². The van der Waals surface area contributed by atoms with Gasteiger partial charge in [0.05, 0.1) is 19.8 Å². The fourth-order valence-electron chi connectivity index (χ4n) is 5.54. The molecule has 3 heterocycles. The molecule has 3 aliphatic rings. The van der Waals surface area contributed by atoms with E-state index in [1.54, 1.807) is 0 Å². The van der Waals surface area contributed by atoms with E-state index in [0.29, 0.717) is 6.42 Å². The monoisotopic (exact) mass is 657 g/mol. The highest BCUT2D eigenvalue weighted by Gasteiger charge is 2.52. The molecular weight excluding hydrogens is 606 g/mol. The maximum absolute atomic E-state index is 11.8. The molecule has 0 aromatic carbocycles. The first-order valence-corrected chi connectivity index (χ1v) is 15.5. The lowest BCUT2D eigenvalue weighted by atomic mass is 9.95. The van der Waals surface area contributed by atoms with Crippen molar-refractivity contribution in [3.63, 3.8) is 0 Å². The van der Waals surface area contributed by atoms with Crippen LogP contribution < -0.4 is 5.32 Å². The summed E-state index contributed by atoms with van der Waals surface area (Å²) in [5.74, 6) is -0.628. The molecule has 15 atom stereocenters. The van der Waals surface area contributed by atoms with Gasteiger partial charge in [0.2, 0.25) is 5.91 Å². The number of rotatable bonds is 16. The van der Waals surface area contributed by atoms with E-state index in [2.05, 4.69) is 12.2 Å². The lowest BCUT2D eigenvalue weighted by Crippen LogP contribution is -2.67. The zero-order chi connectivity index (χ0) is 33.3. The minimum absolute atomic E-state index is 0.236. The summed E-state index contributed by atoms with van der Waals surface area (Å²) in [5.41, 5.74) is 0. The number of nitrogens with one attached hydrogen (secondary N) is 1. The fraction of sp³-hybridized carbons (Fsp3) is 0.964. The normalized spacial score (nSPS) is 42.4. The minimum Gasteiger partial charge on any atom is -0.394 e. The SMILES string of the molecule is CCCCCCCCO[C@H]1O[C@H](CO[C@@H]2O[C@H](CO)[C@@H](O)[C@H](O)[C@@H]2O[C@@H]2O[C@H](CO)[C@@H](O)[C@H](O)[C@@H]2NC(C)=O)[C@@H](O)[C@H](O)[C@H]1O. The van der Waals surface area contributed by atoms with Gasteiger partial charge in [0.25, 0.3) is 0 Å². The second-order valence-electron chi connectivity index (χ2n) is 11.7. The van der Waals surface area contributed by atoms with E-state index in [9.17, 15) is 50.8 Å². The number of unbranched alkanes of at least 4 members (excludes halogenated alkanes) is 5. The van der Waals surface area contributed by atoms with Crippen LogP contribution in [0.4, 0.5) is 0 Å². The molecule has 0 aromatic heterocycles. The lowest BCUT2D eigenvalue weighted by molar-refractivity contribution is -0.363. The van der Waals surface area contributed by atoms with E-state index in [-0.39, 0.29) is 6.61 Å².